The fraction of sp³-hybridized carbons (Fsp3) is 0.875. The second-order valence-corrected chi connectivity index (χ2v) is 6.62. The Morgan fingerprint density at radius 3 is 2.29 bits per heavy atom. The molecule has 1 atom stereocenters. The van der Waals surface area contributed by atoms with E-state index in [1.54, 1.807) is 0 Å². The number of rotatable bonds is 8. The van der Waals surface area contributed by atoms with Crippen molar-refractivity contribution >= 4 is 11.9 Å². The summed E-state index contributed by atoms with van der Waals surface area (Å²) in [5.74, 6) is -0.114. The Balaban J connectivity index is 2.52. The molecule has 4 N–H and O–H groups in total. The summed E-state index contributed by atoms with van der Waals surface area (Å²) in [6, 6.07) is 0. The Morgan fingerprint density at radius 2 is 1.81 bits per heavy atom. The number of hydrogen-bond donors (Lipinski definition) is 3. The maximum absolute atomic E-state index is 12.1. The van der Waals surface area contributed by atoms with Crippen LogP contribution in [0.4, 0.5) is 0 Å². The van der Waals surface area contributed by atoms with Crippen molar-refractivity contribution in [3.05, 3.63) is 0 Å². The molecule has 0 aromatic carbocycles. The minimum atomic E-state index is -1.03. The van der Waals surface area contributed by atoms with Crippen molar-refractivity contribution in [2.24, 2.45) is 17.6 Å². The number of aliphatic carboxylic acids is 1. The van der Waals surface area contributed by atoms with Crippen molar-refractivity contribution in [1.29, 1.82) is 0 Å². The van der Waals surface area contributed by atoms with Crippen LogP contribution in [-0.4, -0.2) is 29.1 Å². The average Bonchev–Trinajstić information content (AvgIpc) is 2.44. The first-order chi connectivity index (χ1) is 9.91. The van der Waals surface area contributed by atoms with Crippen LogP contribution >= 0.6 is 0 Å². The molecule has 0 radical (unpaired) electrons. The quantitative estimate of drug-likeness (QED) is 0.641. The molecule has 0 aliphatic heterocycles. The van der Waals surface area contributed by atoms with E-state index in [0.717, 1.165) is 32.1 Å². The van der Waals surface area contributed by atoms with Crippen LogP contribution in [0.3, 0.4) is 0 Å². The van der Waals surface area contributed by atoms with Crippen molar-refractivity contribution in [2.45, 2.75) is 70.8 Å². The van der Waals surface area contributed by atoms with Crippen molar-refractivity contribution in [3.63, 3.8) is 0 Å². The Bertz CT molecular complexity index is 349. The Hall–Kier alpha value is -1.10. The number of carbonyl (C=O) groups excluding carboxylic acids is 1. The summed E-state index contributed by atoms with van der Waals surface area (Å²) in [6.45, 7) is 4.90. The summed E-state index contributed by atoms with van der Waals surface area (Å²) in [6.07, 6.45) is 5.96. The van der Waals surface area contributed by atoms with Gasteiger partial charge in [-0.3, -0.25) is 4.79 Å². The summed E-state index contributed by atoms with van der Waals surface area (Å²) < 4.78 is 0. The van der Waals surface area contributed by atoms with Gasteiger partial charge in [-0.05, 0) is 44.1 Å². The summed E-state index contributed by atoms with van der Waals surface area (Å²) in [7, 11) is 0. The Labute approximate surface area is 127 Å². The minimum Gasteiger partial charge on any atom is -0.480 e. The zero-order valence-electron chi connectivity index (χ0n) is 13.4. The van der Waals surface area contributed by atoms with Gasteiger partial charge in [0.15, 0.2) is 0 Å². The minimum absolute atomic E-state index is 0.137. The van der Waals surface area contributed by atoms with E-state index in [9.17, 15) is 14.7 Å². The maximum atomic E-state index is 12.1. The lowest BCUT2D eigenvalue weighted by Crippen LogP contribution is -2.55. The van der Waals surface area contributed by atoms with E-state index in [1.807, 2.05) is 0 Å². The first kappa shape index (κ1) is 18.0. The fourth-order valence-corrected chi connectivity index (χ4v) is 3.22. The van der Waals surface area contributed by atoms with Crippen LogP contribution in [0, 0.1) is 11.8 Å². The maximum Gasteiger partial charge on any atom is 0.329 e. The summed E-state index contributed by atoms with van der Waals surface area (Å²) in [5, 5.41) is 12.3. The van der Waals surface area contributed by atoms with Gasteiger partial charge in [-0.25, -0.2) is 4.79 Å². The van der Waals surface area contributed by atoms with E-state index >= 15 is 0 Å². The topological polar surface area (TPSA) is 92.4 Å². The molecule has 5 heteroatoms. The zero-order valence-corrected chi connectivity index (χ0v) is 13.4. The molecule has 1 unspecified atom stereocenters. The van der Waals surface area contributed by atoms with Crippen molar-refractivity contribution in [2.75, 3.05) is 6.54 Å². The number of nitrogens with two attached hydrogens (primary N) is 1. The molecule has 0 heterocycles. The van der Waals surface area contributed by atoms with E-state index < -0.39 is 11.5 Å². The number of nitrogens with one attached hydrogen (secondary N) is 1. The van der Waals surface area contributed by atoms with Gasteiger partial charge in [-0.1, -0.05) is 33.1 Å². The molecule has 1 rings (SSSR count). The number of carbonyl (C=O) groups is 2. The monoisotopic (exact) mass is 298 g/mol. The molecule has 1 aliphatic rings. The molecular weight excluding hydrogens is 268 g/mol. The molecule has 0 spiro atoms. The number of hydrogen-bond acceptors (Lipinski definition) is 3. The standard InChI is InChI=1S/C16H30N2O3/c1-12(2)13(8-11-17)6-7-14(19)18-16(15(20)21)9-4-3-5-10-16/h12-13H,3-11,17H2,1-2H3,(H,18,19)(H,20,21). The van der Waals surface area contributed by atoms with Crippen molar-refractivity contribution < 1.29 is 14.7 Å². The van der Waals surface area contributed by atoms with Gasteiger partial charge in [-0.2, -0.15) is 0 Å². The predicted octanol–water partition coefficient (Wildman–Crippen LogP) is 2.29. The molecular formula is C16H30N2O3. The lowest BCUT2D eigenvalue weighted by molar-refractivity contribution is -0.149. The van der Waals surface area contributed by atoms with E-state index in [-0.39, 0.29) is 5.91 Å². The molecule has 0 aromatic rings. The normalized spacial score (nSPS) is 19.2. The number of amides is 1. The van der Waals surface area contributed by atoms with E-state index in [4.69, 9.17) is 5.73 Å². The van der Waals surface area contributed by atoms with Crippen LogP contribution in [0.15, 0.2) is 0 Å². The molecule has 0 saturated heterocycles. The first-order valence-corrected chi connectivity index (χ1v) is 8.16. The van der Waals surface area contributed by atoms with Gasteiger partial charge in [0.1, 0.15) is 5.54 Å². The molecule has 21 heavy (non-hydrogen) atoms. The van der Waals surface area contributed by atoms with Crippen LogP contribution in [0.1, 0.15) is 65.2 Å². The smallest absolute Gasteiger partial charge is 0.329 e. The largest absolute Gasteiger partial charge is 0.480 e. The van der Waals surface area contributed by atoms with E-state index in [0.29, 0.717) is 37.6 Å². The van der Waals surface area contributed by atoms with Gasteiger partial charge in [-0.15, -0.1) is 0 Å². The van der Waals surface area contributed by atoms with Gasteiger partial charge in [0.05, 0.1) is 0 Å². The molecule has 5 nitrogen and oxygen atoms in total. The predicted molar refractivity (Wildman–Crippen MR) is 82.8 cm³/mol. The second-order valence-electron chi connectivity index (χ2n) is 6.62. The molecule has 0 bridgehead atoms. The molecule has 0 aromatic heterocycles. The van der Waals surface area contributed by atoms with Gasteiger partial charge < -0.3 is 16.2 Å². The SMILES string of the molecule is CC(C)C(CCN)CCC(=O)NC1(C(=O)O)CCCCC1. The highest BCUT2D eigenvalue weighted by molar-refractivity contribution is 5.87. The molecule has 1 aliphatic carbocycles. The average molecular weight is 298 g/mol. The second kappa shape index (κ2) is 8.37. The van der Waals surface area contributed by atoms with Crippen LogP contribution in [0.25, 0.3) is 0 Å². The van der Waals surface area contributed by atoms with Crippen LogP contribution in [-0.2, 0) is 9.59 Å². The van der Waals surface area contributed by atoms with Crippen molar-refractivity contribution in [3.8, 4) is 0 Å². The van der Waals surface area contributed by atoms with Crippen molar-refractivity contribution in [1.82, 2.24) is 5.32 Å². The third-order valence-electron chi connectivity index (χ3n) is 4.72. The van der Waals surface area contributed by atoms with Gasteiger partial charge >= 0.3 is 5.97 Å². The highest BCUT2D eigenvalue weighted by Gasteiger charge is 2.40. The summed E-state index contributed by atoms with van der Waals surface area (Å²) in [5.41, 5.74) is 4.57. The van der Waals surface area contributed by atoms with Crippen LogP contribution in [0.5, 0.6) is 0 Å². The molecule has 1 fully saturated rings. The summed E-state index contributed by atoms with van der Waals surface area (Å²) >= 11 is 0. The zero-order chi connectivity index (χ0) is 15.9. The first-order valence-electron chi connectivity index (χ1n) is 8.16. The third-order valence-corrected chi connectivity index (χ3v) is 4.72. The lowest BCUT2D eigenvalue weighted by Gasteiger charge is -2.34. The number of carboxylic acid groups (broad SMARTS) is 1. The molecule has 122 valence electrons. The van der Waals surface area contributed by atoms with Gasteiger partial charge in [0.2, 0.25) is 5.91 Å². The third kappa shape index (κ3) is 5.30. The van der Waals surface area contributed by atoms with Crippen LogP contribution in [0.2, 0.25) is 0 Å². The van der Waals surface area contributed by atoms with Gasteiger partial charge in [0.25, 0.3) is 0 Å². The molecule has 1 amide bonds. The Kier molecular flexibility index (Phi) is 7.15. The number of carboxylic acids is 1. The van der Waals surface area contributed by atoms with Crippen LogP contribution < -0.4 is 11.1 Å². The van der Waals surface area contributed by atoms with E-state index in [1.165, 1.54) is 0 Å². The van der Waals surface area contributed by atoms with E-state index in [2.05, 4.69) is 19.2 Å². The molecule has 1 saturated carbocycles. The highest BCUT2D eigenvalue weighted by Crippen LogP contribution is 2.29. The van der Waals surface area contributed by atoms with Gasteiger partial charge in [0, 0.05) is 6.42 Å². The summed E-state index contributed by atoms with van der Waals surface area (Å²) in [4.78, 5) is 23.7. The lowest BCUT2D eigenvalue weighted by atomic mass is 9.81. The fourth-order valence-electron chi connectivity index (χ4n) is 3.22. The highest BCUT2D eigenvalue weighted by atomic mass is 16.4. The Morgan fingerprint density at radius 1 is 1.19 bits per heavy atom.